The zero-order valence-electron chi connectivity index (χ0n) is 13.0. The van der Waals surface area contributed by atoms with Crippen LogP contribution in [0.4, 0.5) is 10.5 Å². The Balaban J connectivity index is 1.90. The van der Waals surface area contributed by atoms with Crippen LogP contribution in [-0.2, 0) is 11.2 Å². The molecule has 0 radical (unpaired) electrons. The number of nitrogens with one attached hydrogen (secondary N) is 1. The summed E-state index contributed by atoms with van der Waals surface area (Å²) in [7, 11) is 0. The molecule has 4 nitrogen and oxygen atoms in total. The van der Waals surface area contributed by atoms with Gasteiger partial charge in [-0.2, -0.15) is 11.8 Å². The first-order valence-corrected chi connectivity index (χ1v) is 8.77. The summed E-state index contributed by atoms with van der Waals surface area (Å²) in [6.07, 6.45) is 3.36. The van der Waals surface area contributed by atoms with E-state index in [1.165, 1.54) is 5.56 Å². The van der Waals surface area contributed by atoms with Crippen molar-refractivity contribution in [2.24, 2.45) is 0 Å². The van der Waals surface area contributed by atoms with Gasteiger partial charge in [-0.15, -0.1) is 0 Å². The highest BCUT2D eigenvalue weighted by molar-refractivity contribution is 7.98. The molecule has 2 amide bonds. The molecule has 0 unspecified atom stereocenters. The second kappa shape index (κ2) is 7.71. The quantitative estimate of drug-likeness (QED) is 0.928. The molecule has 1 fully saturated rings. The highest BCUT2D eigenvalue weighted by atomic mass is 32.2. The van der Waals surface area contributed by atoms with Gasteiger partial charge in [0.15, 0.2) is 0 Å². The first-order chi connectivity index (χ1) is 10.1. The van der Waals surface area contributed by atoms with Crippen molar-refractivity contribution in [2.75, 3.05) is 30.4 Å². The lowest BCUT2D eigenvalue weighted by molar-refractivity contribution is -0.0530. The van der Waals surface area contributed by atoms with Crippen LogP contribution in [0.25, 0.3) is 0 Å². The van der Waals surface area contributed by atoms with Crippen molar-refractivity contribution in [3.63, 3.8) is 0 Å². The van der Waals surface area contributed by atoms with Crippen molar-refractivity contribution in [2.45, 2.75) is 32.5 Å². The lowest BCUT2D eigenvalue weighted by Crippen LogP contribution is -2.49. The second-order valence-electron chi connectivity index (χ2n) is 5.53. The molecule has 1 aromatic carbocycles. The van der Waals surface area contributed by atoms with Gasteiger partial charge < -0.3 is 15.0 Å². The molecular formula is C16H24N2O2S. The van der Waals surface area contributed by atoms with Crippen molar-refractivity contribution in [1.82, 2.24) is 4.90 Å². The number of carbonyl (C=O) groups excluding carboxylic acids is 1. The van der Waals surface area contributed by atoms with Crippen molar-refractivity contribution in [3.05, 3.63) is 29.8 Å². The molecule has 21 heavy (non-hydrogen) atoms. The maximum atomic E-state index is 12.3. The van der Waals surface area contributed by atoms with E-state index >= 15 is 0 Å². The summed E-state index contributed by atoms with van der Waals surface area (Å²) < 4.78 is 5.65. The number of ether oxygens (including phenoxy) is 1. The number of anilines is 1. The smallest absolute Gasteiger partial charge is 0.322 e. The summed E-state index contributed by atoms with van der Waals surface area (Å²) in [5.41, 5.74) is 2.15. The van der Waals surface area contributed by atoms with E-state index in [1.807, 2.05) is 42.6 Å². The van der Waals surface area contributed by atoms with E-state index in [-0.39, 0.29) is 18.2 Å². The van der Waals surface area contributed by atoms with E-state index in [0.717, 1.165) is 17.9 Å². The van der Waals surface area contributed by atoms with Crippen LogP contribution < -0.4 is 5.32 Å². The monoisotopic (exact) mass is 308 g/mol. The molecule has 1 heterocycles. The van der Waals surface area contributed by atoms with E-state index in [1.54, 1.807) is 0 Å². The molecule has 0 aliphatic carbocycles. The van der Waals surface area contributed by atoms with Crippen molar-refractivity contribution >= 4 is 23.5 Å². The third-order valence-corrected chi connectivity index (χ3v) is 4.12. The van der Waals surface area contributed by atoms with Crippen LogP contribution in [0.15, 0.2) is 24.3 Å². The molecule has 1 aliphatic heterocycles. The number of nitrogens with zero attached hydrogens (tertiary/aromatic N) is 1. The molecule has 1 saturated heterocycles. The maximum Gasteiger partial charge on any atom is 0.322 e. The van der Waals surface area contributed by atoms with Crippen LogP contribution in [0.5, 0.6) is 0 Å². The number of hydrogen-bond acceptors (Lipinski definition) is 3. The van der Waals surface area contributed by atoms with E-state index in [2.05, 4.69) is 23.7 Å². The van der Waals surface area contributed by atoms with Gasteiger partial charge in [-0.3, -0.25) is 0 Å². The van der Waals surface area contributed by atoms with Gasteiger partial charge in [0.2, 0.25) is 0 Å². The van der Waals surface area contributed by atoms with Crippen molar-refractivity contribution in [3.8, 4) is 0 Å². The number of hydrogen-bond donors (Lipinski definition) is 1. The zero-order chi connectivity index (χ0) is 15.2. The predicted molar refractivity (Wildman–Crippen MR) is 89.1 cm³/mol. The number of urea groups is 1. The average Bonchev–Trinajstić information content (AvgIpc) is 2.45. The normalized spacial score (nSPS) is 22.1. The minimum Gasteiger partial charge on any atom is -0.372 e. The van der Waals surface area contributed by atoms with Gasteiger partial charge in [-0.05, 0) is 50.0 Å². The van der Waals surface area contributed by atoms with Gasteiger partial charge in [0.25, 0.3) is 0 Å². The van der Waals surface area contributed by atoms with Gasteiger partial charge in [0, 0.05) is 18.8 Å². The Morgan fingerprint density at radius 2 is 1.90 bits per heavy atom. The zero-order valence-corrected chi connectivity index (χ0v) is 13.8. The number of aryl methyl sites for hydroxylation is 1. The second-order valence-corrected chi connectivity index (χ2v) is 6.52. The van der Waals surface area contributed by atoms with E-state index in [4.69, 9.17) is 4.74 Å². The summed E-state index contributed by atoms with van der Waals surface area (Å²) in [5.74, 6) is 1.12. The molecule has 1 aliphatic rings. The Bertz CT molecular complexity index is 454. The fourth-order valence-corrected chi connectivity index (χ4v) is 2.96. The van der Waals surface area contributed by atoms with Gasteiger partial charge in [-0.1, -0.05) is 12.1 Å². The van der Waals surface area contributed by atoms with Crippen LogP contribution in [0.3, 0.4) is 0 Å². The standard InChI is InChI=1S/C16H24N2O2S/c1-12-10-18(11-13(2)20-12)16(19)17-15-6-4-14(5-7-15)8-9-21-3/h4-7,12-13H,8-11H2,1-3H3,(H,17,19)/t12-,13-/m0/s1. The van der Waals surface area contributed by atoms with E-state index < -0.39 is 0 Å². The van der Waals surface area contributed by atoms with Crippen LogP contribution in [-0.4, -0.2) is 48.2 Å². The molecule has 1 aromatic rings. The van der Waals surface area contributed by atoms with E-state index in [9.17, 15) is 4.79 Å². The molecular weight excluding hydrogens is 284 g/mol. The lowest BCUT2D eigenvalue weighted by atomic mass is 10.1. The molecule has 116 valence electrons. The largest absolute Gasteiger partial charge is 0.372 e. The Kier molecular flexibility index (Phi) is 5.94. The summed E-state index contributed by atoms with van der Waals surface area (Å²) >= 11 is 1.84. The molecule has 0 bridgehead atoms. The lowest BCUT2D eigenvalue weighted by Gasteiger charge is -2.35. The number of rotatable bonds is 4. The van der Waals surface area contributed by atoms with Crippen LogP contribution in [0.1, 0.15) is 19.4 Å². The SMILES string of the molecule is CSCCc1ccc(NC(=O)N2C[C@H](C)O[C@@H](C)C2)cc1. The first kappa shape index (κ1) is 16.2. The number of amides is 2. The molecule has 1 N–H and O–H groups in total. The molecule has 2 rings (SSSR count). The molecule has 5 heteroatoms. The molecule has 2 atom stereocenters. The summed E-state index contributed by atoms with van der Waals surface area (Å²) in [6.45, 7) is 5.27. The third kappa shape index (κ3) is 4.93. The minimum absolute atomic E-state index is 0.0473. The summed E-state index contributed by atoms with van der Waals surface area (Å²) in [5, 5.41) is 2.96. The Hall–Kier alpha value is -1.20. The maximum absolute atomic E-state index is 12.3. The first-order valence-electron chi connectivity index (χ1n) is 7.37. The summed E-state index contributed by atoms with van der Waals surface area (Å²) in [4.78, 5) is 14.1. The van der Waals surface area contributed by atoms with Gasteiger partial charge in [0.05, 0.1) is 12.2 Å². The number of morpholine rings is 1. The Morgan fingerprint density at radius 3 is 2.48 bits per heavy atom. The Labute approximate surface area is 131 Å². The van der Waals surface area contributed by atoms with Crippen LogP contribution in [0.2, 0.25) is 0 Å². The number of carbonyl (C=O) groups is 1. The van der Waals surface area contributed by atoms with Crippen LogP contribution in [0, 0.1) is 0 Å². The topological polar surface area (TPSA) is 41.6 Å². The number of thioether (sulfide) groups is 1. The third-order valence-electron chi connectivity index (χ3n) is 3.51. The van der Waals surface area contributed by atoms with Gasteiger partial charge in [0.1, 0.15) is 0 Å². The minimum atomic E-state index is -0.0473. The van der Waals surface area contributed by atoms with Gasteiger partial charge >= 0.3 is 6.03 Å². The highest BCUT2D eigenvalue weighted by Gasteiger charge is 2.25. The van der Waals surface area contributed by atoms with E-state index in [0.29, 0.717) is 13.1 Å². The predicted octanol–water partition coefficient (Wildman–Crippen LogP) is 3.23. The fraction of sp³-hybridized carbons (Fsp3) is 0.562. The average molecular weight is 308 g/mol. The van der Waals surface area contributed by atoms with Crippen LogP contribution >= 0.6 is 11.8 Å². The molecule has 0 aromatic heterocycles. The van der Waals surface area contributed by atoms with Gasteiger partial charge in [-0.25, -0.2) is 4.79 Å². The molecule has 0 spiro atoms. The summed E-state index contributed by atoms with van der Waals surface area (Å²) in [6, 6.07) is 8.06. The molecule has 0 saturated carbocycles. The fourth-order valence-electron chi connectivity index (χ4n) is 2.52. The Morgan fingerprint density at radius 1 is 1.29 bits per heavy atom. The van der Waals surface area contributed by atoms with Crippen molar-refractivity contribution in [1.29, 1.82) is 0 Å². The van der Waals surface area contributed by atoms with Crippen molar-refractivity contribution < 1.29 is 9.53 Å². The number of benzene rings is 1. The highest BCUT2D eigenvalue weighted by Crippen LogP contribution is 2.15.